The highest BCUT2D eigenvalue weighted by Gasteiger charge is 2.23. The van der Waals surface area contributed by atoms with Crippen LogP contribution in [0.3, 0.4) is 0 Å². The second kappa shape index (κ2) is 7.97. The molecule has 0 aliphatic rings. The van der Waals surface area contributed by atoms with E-state index in [-0.39, 0.29) is 17.0 Å². The minimum Gasteiger partial charge on any atom is -0.351 e. The van der Waals surface area contributed by atoms with Crippen LogP contribution in [0.2, 0.25) is 5.02 Å². The van der Waals surface area contributed by atoms with Gasteiger partial charge in [-0.25, -0.2) is 4.98 Å². The number of para-hydroxylation sites is 1. The number of fused-ring (bicyclic) bond motifs is 1. The monoisotopic (exact) mass is 415 g/mol. The molecule has 0 bridgehead atoms. The maximum absolute atomic E-state index is 13.2. The van der Waals surface area contributed by atoms with Gasteiger partial charge in [-0.3, -0.25) is 14.2 Å². The highest BCUT2D eigenvalue weighted by Crippen LogP contribution is 2.26. The topological polar surface area (TPSA) is 64.0 Å². The summed E-state index contributed by atoms with van der Waals surface area (Å²) in [6, 6.07) is 14.2. The molecule has 0 saturated carbocycles. The summed E-state index contributed by atoms with van der Waals surface area (Å²) in [5.41, 5.74) is 0.736. The van der Waals surface area contributed by atoms with E-state index in [9.17, 15) is 9.59 Å². The zero-order chi connectivity index (χ0) is 20.5. The van der Waals surface area contributed by atoms with Gasteiger partial charge in [-0.1, -0.05) is 35.5 Å². The number of amides is 1. The van der Waals surface area contributed by atoms with Crippen molar-refractivity contribution >= 4 is 40.2 Å². The number of benzene rings is 2. The first-order valence-electron chi connectivity index (χ1n) is 8.92. The van der Waals surface area contributed by atoms with Crippen LogP contribution in [-0.4, -0.2) is 26.2 Å². The van der Waals surface area contributed by atoms with Crippen LogP contribution in [0, 0.1) is 0 Å². The Kier molecular flexibility index (Phi) is 5.82. The van der Waals surface area contributed by atoms with Gasteiger partial charge in [0.25, 0.3) is 5.56 Å². The Morgan fingerprint density at radius 2 is 1.79 bits per heavy atom. The molecule has 1 N–H and O–H groups in total. The molecule has 146 valence electrons. The van der Waals surface area contributed by atoms with Gasteiger partial charge in [0.15, 0.2) is 5.16 Å². The molecular weight excluding hydrogens is 394 g/mol. The highest BCUT2D eigenvalue weighted by molar-refractivity contribution is 8.00. The fraction of sp³-hybridized carbons (Fsp3) is 0.286. The second-order valence-electron chi connectivity index (χ2n) is 7.53. The quantitative estimate of drug-likeness (QED) is 0.505. The Hall–Kier alpha value is -2.31. The lowest BCUT2D eigenvalue weighted by Crippen LogP contribution is -2.44. The van der Waals surface area contributed by atoms with Crippen molar-refractivity contribution in [2.45, 2.75) is 43.6 Å². The molecule has 0 aliphatic carbocycles. The summed E-state index contributed by atoms with van der Waals surface area (Å²) < 4.78 is 1.53. The predicted octanol–water partition coefficient (Wildman–Crippen LogP) is 4.43. The number of halogens is 1. The molecule has 1 atom stereocenters. The third kappa shape index (κ3) is 4.56. The van der Waals surface area contributed by atoms with Crippen LogP contribution in [0.5, 0.6) is 0 Å². The van der Waals surface area contributed by atoms with Crippen LogP contribution in [0.15, 0.2) is 58.5 Å². The van der Waals surface area contributed by atoms with E-state index < -0.39 is 5.25 Å². The second-order valence-corrected chi connectivity index (χ2v) is 9.27. The van der Waals surface area contributed by atoms with Crippen molar-refractivity contribution in [3.05, 3.63) is 63.9 Å². The van der Waals surface area contributed by atoms with Gasteiger partial charge in [-0.15, -0.1) is 0 Å². The van der Waals surface area contributed by atoms with Crippen LogP contribution >= 0.6 is 23.4 Å². The molecule has 7 heteroatoms. The molecular formula is C21H22ClN3O2S. The van der Waals surface area contributed by atoms with E-state index >= 15 is 0 Å². The van der Waals surface area contributed by atoms with E-state index in [0.29, 0.717) is 26.8 Å². The van der Waals surface area contributed by atoms with Crippen molar-refractivity contribution in [2.24, 2.45) is 0 Å². The molecule has 1 heterocycles. The van der Waals surface area contributed by atoms with Crippen molar-refractivity contribution in [1.82, 2.24) is 14.9 Å². The minimum atomic E-state index is -0.425. The average molecular weight is 416 g/mol. The third-order valence-electron chi connectivity index (χ3n) is 3.98. The normalized spacial score (nSPS) is 12.8. The average Bonchev–Trinajstić information content (AvgIpc) is 2.62. The number of carbonyl (C=O) groups is 1. The lowest BCUT2D eigenvalue weighted by atomic mass is 10.1. The maximum Gasteiger partial charge on any atom is 0.266 e. The maximum atomic E-state index is 13.2. The molecule has 3 aromatic rings. The van der Waals surface area contributed by atoms with E-state index in [1.165, 1.54) is 16.3 Å². The molecule has 1 aromatic heterocycles. The highest BCUT2D eigenvalue weighted by atomic mass is 35.5. The molecule has 3 rings (SSSR count). The summed E-state index contributed by atoms with van der Waals surface area (Å²) in [4.78, 5) is 30.4. The summed E-state index contributed by atoms with van der Waals surface area (Å²) in [7, 11) is 0. The molecule has 2 aromatic carbocycles. The van der Waals surface area contributed by atoms with Crippen molar-refractivity contribution in [3.63, 3.8) is 0 Å². The predicted molar refractivity (Wildman–Crippen MR) is 116 cm³/mol. The Balaban J connectivity index is 2.10. The zero-order valence-electron chi connectivity index (χ0n) is 16.2. The summed E-state index contributed by atoms with van der Waals surface area (Å²) in [5.74, 6) is -0.109. The zero-order valence-corrected chi connectivity index (χ0v) is 17.8. The largest absolute Gasteiger partial charge is 0.351 e. The van der Waals surface area contributed by atoms with Crippen LogP contribution in [0.25, 0.3) is 16.6 Å². The summed E-state index contributed by atoms with van der Waals surface area (Å²) >= 11 is 7.25. The first-order chi connectivity index (χ1) is 13.2. The van der Waals surface area contributed by atoms with Gasteiger partial charge >= 0.3 is 0 Å². The summed E-state index contributed by atoms with van der Waals surface area (Å²) in [6.45, 7) is 7.60. The van der Waals surface area contributed by atoms with Crippen LogP contribution < -0.4 is 10.9 Å². The number of rotatable bonds is 4. The Labute approximate surface area is 173 Å². The van der Waals surface area contributed by atoms with Crippen LogP contribution in [0.1, 0.15) is 27.7 Å². The molecule has 0 aliphatic heterocycles. The molecule has 0 radical (unpaired) electrons. The van der Waals surface area contributed by atoms with E-state index in [4.69, 9.17) is 11.6 Å². The SMILES string of the molecule is C[C@@H](Sc1nc2ccccc2c(=O)n1-c1ccc(Cl)cc1)C(=O)NC(C)(C)C. The Morgan fingerprint density at radius 3 is 2.43 bits per heavy atom. The van der Waals surface area contributed by atoms with E-state index in [2.05, 4.69) is 10.3 Å². The molecule has 0 fully saturated rings. The fourth-order valence-corrected chi connectivity index (χ4v) is 3.75. The van der Waals surface area contributed by atoms with Gasteiger partial charge < -0.3 is 5.32 Å². The van der Waals surface area contributed by atoms with E-state index in [1.54, 1.807) is 43.3 Å². The summed E-state index contributed by atoms with van der Waals surface area (Å²) in [6.07, 6.45) is 0. The standard InChI is InChI=1S/C21H22ClN3O2S/c1-13(18(26)24-21(2,3)4)28-20-23-17-8-6-5-7-16(17)19(27)25(20)15-11-9-14(22)10-12-15/h5-13H,1-4H3,(H,24,26)/t13-/m1/s1. The molecule has 5 nitrogen and oxygen atoms in total. The van der Waals surface area contributed by atoms with Gasteiger partial charge in [-0.05, 0) is 64.1 Å². The Morgan fingerprint density at radius 1 is 1.14 bits per heavy atom. The first-order valence-corrected chi connectivity index (χ1v) is 10.2. The molecule has 0 unspecified atom stereocenters. The number of carbonyl (C=O) groups excluding carboxylic acids is 1. The number of nitrogens with one attached hydrogen (secondary N) is 1. The number of hydrogen-bond donors (Lipinski definition) is 1. The van der Waals surface area contributed by atoms with Gasteiger partial charge in [0, 0.05) is 10.6 Å². The van der Waals surface area contributed by atoms with Gasteiger partial charge in [0.05, 0.1) is 21.8 Å². The fourth-order valence-electron chi connectivity index (χ4n) is 2.69. The molecule has 0 spiro atoms. The van der Waals surface area contributed by atoms with Crippen molar-refractivity contribution in [1.29, 1.82) is 0 Å². The van der Waals surface area contributed by atoms with E-state index in [1.807, 2.05) is 32.9 Å². The smallest absolute Gasteiger partial charge is 0.266 e. The van der Waals surface area contributed by atoms with Crippen molar-refractivity contribution in [3.8, 4) is 5.69 Å². The number of nitrogens with zero attached hydrogens (tertiary/aromatic N) is 2. The minimum absolute atomic E-state index is 0.109. The molecule has 0 saturated heterocycles. The first kappa shape index (κ1) is 20.4. The van der Waals surface area contributed by atoms with Crippen molar-refractivity contribution in [2.75, 3.05) is 0 Å². The number of aromatic nitrogens is 2. The lowest BCUT2D eigenvalue weighted by molar-refractivity contribution is -0.121. The van der Waals surface area contributed by atoms with Crippen LogP contribution in [-0.2, 0) is 4.79 Å². The molecule has 1 amide bonds. The van der Waals surface area contributed by atoms with Gasteiger partial charge in [-0.2, -0.15) is 0 Å². The number of hydrogen-bond acceptors (Lipinski definition) is 4. The number of thioether (sulfide) groups is 1. The van der Waals surface area contributed by atoms with E-state index in [0.717, 1.165) is 0 Å². The lowest BCUT2D eigenvalue weighted by Gasteiger charge is -2.23. The van der Waals surface area contributed by atoms with Crippen LogP contribution in [0.4, 0.5) is 0 Å². The van der Waals surface area contributed by atoms with Gasteiger partial charge in [0.2, 0.25) is 5.91 Å². The summed E-state index contributed by atoms with van der Waals surface area (Å²) in [5, 5.41) is 4.10. The van der Waals surface area contributed by atoms with Gasteiger partial charge in [0.1, 0.15) is 0 Å². The third-order valence-corrected chi connectivity index (χ3v) is 5.28. The van der Waals surface area contributed by atoms with Crippen molar-refractivity contribution < 1.29 is 4.79 Å². The Bertz CT molecular complexity index is 1070. The molecule has 28 heavy (non-hydrogen) atoms.